The maximum absolute atomic E-state index is 12.8. The van der Waals surface area contributed by atoms with Crippen LogP contribution in [-0.4, -0.2) is 33.9 Å². The van der Waals surface area contributed by atoms with Crippen LogP contribution in [0, 0.1) is 12.8 Å². The molecule has 0 spiro atoms. The zero-order chi connectivity index (χ0) is 14.9. The van der Waals surface area contributed by atoms with E-state index in [2.05, 4.69) is 10.4 Å². The molecule has 0 aliphatic carbocycles. The van der Waals surface area contributed by atoms with E-state index in [4.69, 9.17) is 5.11 Å². The summed E-state index contributed by atoms with van der Waals surface area (Å²) in [6.07, 6.45) is -3.05. The Bertz CT molecular complexity index is 505. The van der Waals surface area contributed by atoms with Crippen molar-refractivity contribution in [1.82, 2.24) is 15.1 Å². The number of carboxylic acids is 1. The first-order chi connectivity index (χ1) is 9.30. The Kier molecular flexibility index (Phi) is 4.03. The average molecular weight is 291 g/mol. The van der Waals surface area contributed by atoms with Crippen molar-refractivity contribution in [1.29, 1.82) is 0 Å². The molecule has 0 saturated carbocycles. The fraction of sp³-hybridized carbons (Fsp3) is 0.667. The lowest BCUT2D eigenvalue weighted by atomic mass is 9.98. The zero-order valence-corrected chi connectivity index (χ0v) is 11.0. The lowest BCUT2D eigenvalue weighted by molar-refractivity contribution is -0.142. The number of piperidine rings is 1. The van der Waals surface area contributed by atoms with Gasteiger partial charge >= 0.3 is 12.1 Å². The number of nitrogens with zero attached hydrogens (tertiary/aromatic N) is 2. The quantitative estimate of drug-likeness (QED) is 0.892. The molecule has 1 aliphatic heterocycles. The third-order valence-corrected chi connectivity index (χ3v) is 3.58. The predicted octanol–water partition coefficient (Wildman–Crippen LogP) is 1.91. The van der Waals surface area contributed by atoms with Gasteiger partial charge in [-0.05, 0) is 38.8 Å². The highest BCUT2D eigenvalue weighted by Gasteiger charge is 2.41. The van der Waals surface area contributed by atoms with E-state index >= 15 is 0 Å². The lowest BCUT2D eigenvalue weighted by Gasteiger charge is -2.22. The molecule has 112 valence electrons. The number of rotatable bonds is 3. The van der Waals surface area contributed by atoms with Crippen molar-refractivity contribution < 1.29 is 23.1 Å². The van der Waals surface area contributed by atoms with Crippen LogP contribution in [0.15, 0.2) is 0 Å². The molecule has 1 aromatic heterocycles. The average Bonchev–Trinajstić information content (AvgIpc) is 2.68. The number of nitrogens with one attached hydrogen (secondary N) is 1. The van der Waals surface area contributed by atoms with Gasteiger partial charge in [0, 0.05) is 6.54 Å². The second-order valence-electron chi connectivity index (χ2n) is 4.99. The van der Waals surface area contributed by atoms with Gasteiger partial charge < -0.3 is 10.4 Å². The van der Waals surface area contributed by atoms with Crippen molar-refractivity contribution >= 4 is 5.97 Å². The molecule has 5 nitrogen and oxygen atoms in total. The molecule has 1 aliphatic rings. The summed E-state index contributed by atoms with van der Waals surface area (Å²) in [6, 6.07) is 0. The van der Waals surface area contributed by atoms with Crippen LogP contribution < -0.4 is 5.32 Å². The zero-order valence-electron chi connectivity index (χ0n) is 11.0. The summed E-state index contributed by atoms with van der Waals surface area (Å²) in [6.45, 7) is 3.34. The molecule has 0 aromatic carbocycles. The second-order valence-corrected chi connectivity index (χ2v) is 4.99. The number of hydrogen-bond donors (Lipinski definition) is 2. The Morgan fingerprint density at radius 3 is 2.50 bits per heavy atom. The molecule has 8 heteroatoms. The highest BCUT2D eigenvalue weighted by molar-refractivity contribution is 5.90. The maximum atomic E-state index is 12.8. The number of halogens is 3. The molecule has 0 radical (unpaired) electrons. The van der Waals surface area contributed by atoms with Crippen LogP contribution in [0.25, 0.3) is 0 Å². The van der Waals surface area contributed by atoms with Gasteiger partial charge in [0.1, 0.15) is 5.56 Å². The summed E-state index contributed by atoms with van der Waals surface area (Å²) in [5.74, 6) is -1.37. The smallest absolute Gasteiger partial charge is 0.436 e. The van der Waals surface area contributed by atoms with Crippen LogP contribution in [0.2, 0.25) is 0 Å². The van der Waals surface area contributed by atoms with Crippen molar-refractivity contribution in [3.8, 4) is 0 Å². The number of aromatic nitrogens is 2. The predicted molar refractivity (Wildman–Crippen MR) is 64.5 cm³/mol. The molecule has 1 fully saturated rings. The van der Waals surface area contributed by atoms with Gasteiger partial charge in [-0.15, -0.1) is 0 Å². The second kappa shape index (κ2) is 5.43. The first-order valence-electron chi connectivity index (χ1n) is 6.39. The fourth-order valence-corrected chi connectivity index (χ4v) is 2.49. The summed E-state index contributed by atoms with van der Waals surface area (Å²) in [4.78, 5) is 11.0. The molecular formula is C12H16F3N3O2. The summed E-state index contributed by atoms with van der Waals surface area (Å²) in [7, 11) is 0. The third kappa shape index (κ3) is 2.95. The van der Waals surface area contributed by atoms with Gasteiger partial charge in [-0.3, -0.25) is 4.68 Å². The Hall–Kier alpha value is -1.57. The van der Waals surface area contributed by atoms with E-state index in [1.807, 2.05) is 0 Å². The molecule has 0 atom stereocenters. The highest BCUT2D eigenvalue weighted by atomic mass is 19.4. The maximum Gasteiger partial charge on any atom is 0.436 e. The minimum atomic E-state index is -4.75. The van der Waals surface area contributed by atoms with Crippen molar-refractivity contribution in [2.45, 2.75) is 32.5 Å². The molecule has 0 amide bonds. The molecule has 0 unspecified atom stereocenters. The first-order valence-corrected chi connectivity index (χ1v) is 6.39. The molecule has 2 heterocycles. The Labute approximate surface area is 113 Å². The van der Waals surface area contributed by atoms with Gasteiger partial charge in [0.25, 0.3) is 0 Å². The first kappa shape index (κ1) is 14.8. The van der Waals surface area contributed by atoms with E-state index in [0.29, 0.717) is 6.54 Å². The number of carboxylic acid groups (broad SMARTS) is 1. The molecule has 0 bridgehead atoms. The van der Waals surface area contributed by atoms with Gasteiger partial charge in [0.2, 0.25) is 0 Å². The largest absolute Gasteiger partial charge is 0.478 e. The standard InChI is InChI=1S/C12H16F3N3O2/c1-7-9(11(19)20)10(12(13,14)15)17-18(7)6-8-2-4-16-5-3-8/h8,16H,2-6H2,1H3,(H,19,20). The summed E-state index contributed by atoms with van der Waals surface area (Å²) in [5, 5.41) is 15.6. The van der Waals surface area contributed by atoms with Crippen LogP contribution in [0.1, 0.15) is 34.6 Å². The van der Waals surface area contributed by atoms with E-state index in [1.165, 1.54) is 11.6 Å². The highest BCUT2D eigenvalue weighted by Crippen LogP contribution is 2.33. The van der Waals surface area contributed by atoms with Crippen molar-refractivity contribution in [3.05, 3.63) is 17.0 Å². The van der Waals surface area contributed by atoms with Crippen molar-refractivity contribution in [3.63, 3.8) is 0 Å². The molecule has 1 saturated heterocycles. The monoisotopic (exact) mass is 291 g/mol. The van der Waals surface area contributed by atoms with E-state index in [0.717, 1.165) is 25.9 Å². The van der Waals surface area contributed by atoms with Crippen molar-refractivity contribution in [2.24, 2.45) is 5.92 Å². The van der Waals surface area contributed by atoms with Crippen LogP contribution in [-0.2, 0) is 12.7 Å². The van der Waals surface area contributed by atoms with Crippen LogP contribution in [0.4, 0.5) is 13.2 Å². The fourth-order valence-electron chi connectivity index (χ4n) is 2.49. The Balaban J connectivity index is 2.32. The van der Waals surface area contributed by atoms with Gasteiger partial charge in [-0.1, -0.05) is 0 Å². The molecule has 20 heavy (non-hydrogen) atoms. The normalized spacial score (nSPS) is 17.4. The van der Waals surface area contributed by atoms with E-state index in [9.17, 15) is 18.0 Å². The van der Waals surface area contributed by atoms with E-state index < -0.39 is 23.4 Å². The Morgan fingerprint density at radius 2 is 2.05 bits per heavy atom. The van der Waals surface area contributed by atoms with Crippen LogP contribution in [0.3, 0.4) is 0 Å². The minimum absolute atomic E-state index is 0.0587. The van der Waals surface area contributed by atoms with E-state index in [1.54, 1.807) is 0 Å². The number of alkyl halides is 3. The Morgan fingerprint density at radius 1 is 1.45 bits per heavy atom. The summed E-state index contributed by atoms with van der Waals surface area (Å²) >= 11 is 0. The number of aromatic carboxylic acids is 1. The third-order valence-electron chi connectivity index (χ3n) is 3.58. The number of hydrogen-bond acceptors (Lipinski definition) is 3. The SMILES string of the molecule is Cc1c(C(=O)O)c(C(F)(F)F)nn1CC1CCNCC1. The van der Waals surface area contributed by atoms with Gasteiger partial charge in [-0.2, -0.15) is 18.3 Å². The minimum Gasteiger partial charge on any atom is -0.478 e. The topological polar surface area (TPSA) is 67.1 Å². The van der Waals surface area contributed by atoms with Gasteiger partial charge in [0.05, 0.1) is 5.69 Å². The molecule has 2 rings (SSSR count). The van der Waals surface area contributed by atoms with E-state index in [-0.39, 0.29) is 11.6 Å². The summed E-state index contributed by atoms with van der Waals surface area (Å²) < 4.78 is 39.7. The molecule has 1 aromatic rings. The van der Waals surface area contributed by atoms with Crippen molar-refractivity contribution in [2.75, 3.05) is 13.1 Å². The van der Waals surface area contributed by atoms with Crippen LogP contribution >= 0.6 is 0 Å². The molecular weight excluding hydrogens is 275 g/mol. The molecule has 2 N–H and O–H groups in total. The van der Waals surface area contributed by atoms with Gasteiger partial charge in [0.15, 0.2) is 5.69 Å². The van der Waals surface area contributed by atoms with Gasteiger partial charge in [-0.25, -0.2) is 4.79 Å². The lowest BCUT2D eigenvalue weighted by Crippen LogP contribution is -2.30. The van der Waals surface area contributed by atoms with Crippen LogP contribution in [0.5, 0.6) is 0 Å². The number of carbonyl (C=O) groups is 1. The summed E-state index contributed by atoms with van der Waals surface area (Å²) in [5.41, 5.74) is -1.99.